The molecule has 7 heteroatoms. The van der Waals surface area contributed by atoms with Gasteiger partial charge in [0.2, 0.25) is 5.91 Å². The van der Waals surface area contributed by atoms with E-state index in [1.807, 2.05) is 13.8 Å². The number of nitrogens with one attached hydrogen (secondary N) is 2. The van der Waals surface area contributed by atoms with Gasteiger partial charge in [0.15, 0.2) is 0 Å². The third kappa shape index (κ3) is 8.06. The Labute approximate surface area is 100 Å². The van der Waals surface area contributed by atoms with Crippen molar-refractivity contribution in [1.82, 2.24) is 15.5 Å². The predicted molar refractivity (Wildman–Crippen MR) is 61.6 cm³/mol. The molecule has 0 spiro atoms. The second-order valence-corrected chi connectivity index (χ2v) is 3.95. The third-order valence-electron chi connectivity index (χ3n) is 1.86. The number of carbonyl (C=O) groups is 3. The smallest absolute Gasteiger partial charge is 0.317 e. The maximum Gasteiger partial charge on any atom is 0.317 e. The van der Waals surface area contributed by atoms with Crippen molar-refractivity contribution < 1.29 is 19.5 Å². The number of rotatable bonds is 6. The van der Waals surface area contributed by atoms with Crippen molar-refractivity contribution in [3.8, 4) is 0 Å². The predicted octanol–water partition coefficient (Wildman–Crippen LogP) is -0.373. The van der Waals surface area contributed by atoms with Gasteiger partial charge in [-0.05, 0) is 13.8 Å². The fraction of sp³-hybridized carbons (Fsp3) is 0.700. The molecule has 0 aromatic carbocycles. The van der Waals surface area contributed by atoms with Crippen LogP contribution in [0, 0.1) is 0 Å². The Hall–Kier alpha value is -1.79. The molecule has 3 N–H and O–H groups in total. The molecule has 0 aromatic heterocycles. The lowest BCUT2D eigenvalue weighted by Gasteiger charge is -2.17. The van der Waals surface area contributed by atoms with Gasteiger partial charge in [-0.25, -0.2) is 4.79 Å². The Bertz CT molecular complexity index is 291. The average Bonchev–Trinajstić information content (AvgIpc) is 2.21. The van der Waals surface area contributed by atoms with Crippen molar-refractivity contribution in [1.29, 1.82) is 0 Å². The second-order valence-electron chi connectivity index (χ2n) is 3.95. The molecule has 0 heterocycles. The number of carbonyl (C=O) groups excluding carboxylic acids is 2. The van der Waals surface area contributed by atoms with Gasteiger partial charge in [0, 0.05) is 19.6 Å². The van der Waals surface area contributed by atoms with Crippen molar-refractivity contribution >= 4 is 17.9 Å². The lowest BCUT2D eigenvalue weighted by atomic mass is 10.4. The molecule has 0 saturated heterocycles. The Morgan fingerprint density at radius 3 is 2.35 bits per heavy atom. The Balaban J connectivity index is 3.85. The first kappa shape index (κ1) is 15.2. The molecule has 3 amide bonds. The SMILES string of the molecule is CC(C)NC(=O)CNC(=O)N(C)CCC(=O)O. The third-order valence-corrected chi connectivity index (χ3v) is 1.86. The summed E-state index contributed by atoms with van der Waals surface area (Å²) in [4.78, 5) is 34.1. The molecule has 7 nitrogen and oxygen atoms in total. The molecule has 0 aliphatic rings. The van der Waals surface area contributed by atoms with Crippen molar-refractivity contribution in [3.63, 3.8) is 0 Å². The summed E-state index contributed by atoms with van der Waals surface area (Å²) in [6.45, 7) is 3.62. The minimum Gasteiger partial charge on any atom is -0.481 e. The van der Waals surface area contributed by atoms with E-state index in [4.69, 9.17) is 5.11 Å². The molecule has 0 radical (unpaired) electrons. The number of aliphatic carboxylic acids is 1. The van der Waals surface area contributed by atoms with Crippen LogP contribution < -0.4 is 10.6 Å². The Morgan fingerprint density at radius 1 is 1.29 bits per heavy atom. The van der Waals surface area contributed by atoms with Crippen molar-refractivity contribution in [2.75, 3.05) is 20.1 Å². The quantitative estimate of drug-likeness (QED) is 0.594. The summed E-state index contributed by atoms with van der Waals surface area (Å²) in [5, 5.41) is 13.5. The lowest BCUT2D eigenvalue weighted by Crippen LogP contribution is -2.44. The van der Waals surface area contributed by atoms with Crippen LogP contribution in [0.15, 0.2) is 0 Å². The highest BCUT2D eigenvalue weighted by atomic mass is 16.4. The van der Waals surface area contributed by atoms with Crippen molar-refractivity contribution in [2.45, 2.75) is 26.3 Å². The number of hydrogen-bond donors (Lipinski definition) is 3. The van der Waals surface area contributed by atoms with Crippen LogP contribution in [0.5, 0.6) is 0 Å². The van der Waals surface area contributed by atoms with Crippen LogP contribution in [-0.4, -0.2) is 54.1 Å². The average molecular weight is 245 g/mol. The van der Waals surface area contributed by atoms with Gasteiger partial charge in [0.25, 0.3) is 0 Å². The zero-order chi connectivity index (χ0) is 13.4. The Kier molecular flexibility index (Phi) is 6.69. The fourth-order valence-electron chi connectivity index (χ4n) is 1.03. The topological polar surface area (TPSA) is 98.7 Å². The van der Waals surface area contributed by atoms with Gasteiger partial charge < -0.3 is 20.6 Å². The number of urea groups is 1. The maximum absolute atomic E-state index is 11.4. The van der Waals surface area contributed by atoms with E-state index in [1.54, 1.807) is 0 Å². The van der Waals surface area contributed by atoms with Crippen LogP contribution in [0.3, 0.4) is 0 Å². The summed E-state index contributed by atoms with van der Waals surface area (Å²) in [7, 11) is 1.47. The summed E-state index contributed by atoms with van der Waals surface area (Å²) in [5.74, 6) is -1.25. The molecule has 0 aliphatic heterocycles. The number of hydrogen-bond acceptors (Lipinski definition) is 3. The highest BCUT2D eigenvalue weighted by Gasteiger charge is 2.11. The summed E-state index contributed by atoms with van der Waals surface area (Å²) in [6.07, 6.45) is -0.123. The largest absolute Gasteiger partial charge is 0.481 e. The van der Waals surface area contributed by atoms with E-state index in [1.165, 1.54) is 11.9 Å². The molecule has 0 aromatic rings. The molecule has 98 valence electrons. The molecule has 0 atom stereocenters. The first-order chi connectivity index (χ1) is 7.82. The van der Waals surface area contributed by atoms with E-state index in [0.717, 1.165) is 0 Å². The van der Waals surface area contributed by atoms with Crippen LogP contribution in [0.25, 0.3) is 0 Å². The van der Waals surface area contributed by atoms with E-state index >= 15 is 0 Å². The number of carboxylic acids is 1. The van der Waals surface area contributed by atoms with E-state index in [-0.39, 0.29) is 31.5 Å². The minimum absolute atomic E-state index is 0.0177. The molecule has 17 heavy (non-hydrogen) atoms. The molecule has 0 fully saturated rings. The molecular weight excluding hydrogens is 226 g/mol. The van der Waals surface area contributed by atoms with Gasteiger partial charge in [-0.3, -0.25) is 9.59 Å². The monoisotopic (exact) mass is 245 g/mol. The van der Waals surface area contributed by atoms with E-state index in [2.05, 4.69) is 10.6 Å². The zero-order valence-corrected chi connectivity index (χ0v) is 10.3. The van der Waals surface area contributed by atoms with Gasteiger partial charge in [0.1, 0.15) is 0 Å². The standard InChI is InChI=1S/C10H19N3O4/c1-7(2)12-8(14)6-11-10(17)13(3)5-4-9(15)16/h7H,4-6H2,1-3H3,(H,11,17)(H,12,14)(H,15,16). The van der Waals surface area contributed by atoms with Crippen LogP contribution in [0.2, 0.25) is 0 Å². The highest BCUT2D eigenvalue weighted by Crippen LogP contribution is 1.88. The van der Waals surface area contributed by atoms with Crippen molar-refractivity contribution in [3.05, 3.63) is 0 Å². The van der Waals surface area contributed by atoms with Crippen LogP contribution in [0.4, 0.5) is 4.79 Å². The fourth-order valence-corrected chi connectivity index (χ4v) is 1.03. The zero-order valence-electron chi connectivity index (χ0n) is 10.3. The molecular formula is C10H19N3O4. The van der Waals surface area contributed by atoms with Gasteiger partial charge in [0.05, 0.1) is 13.0 Å². The summed E-state index contributed by atoms with van der Waals surface area (Å²) in [6, 6.07) is -0.450. The van der Waals surface area contributed by atoms with Gasteiger partial charge in [-0.15, -0.1) is 0 Å². The van der Waals surface area contributed by atoms with E-state index in [0.29, 0.717) is 0 Å². The summed E-state index contributed by atoms with van der Waals surface area (Å²) >= 11 is 0. The van der Waals surface area contributed by atoms with Crippen LogP contribution >= 0.6 is 0 Å². The number of nitrogens with zero attached hydrogens (tertiary/aromatic N) is 1. The van der Waals surface area contributed by atoms with Crippen molar-refractivity contribution in [2.24, 2.45) is 0 Å². The second kappa shape index (κ2) is 7.48. The van der Waals surface area contributed by atoms with Gasteiger partial charge in [-0.1, -0.05) is 0 Å². The first-order valence-corrected chi connectivity index (χ1v) is 5.33. The molecule has 0 aliphatic carbocycles. The van der Waals surface area contributed by atoms with E-state index in [9.17, 15) is 14.4 Å². The molecule has 0 saturated carbocycles. The normalized spacial score (nSPS) is 9.88. The van der Waals surface area contributed by atoms with Crippen LogP contribution in [0.1, 0.15) is 20.3 Å². The number of amides is 3. The maximum atomic E-state index is 11.4. The minimum atomic E-state index is -0.970. The molecule has 0 rings (SSSR count). The molecule has 0 bridgehead atoms. The van der Waals surface area contributed by atoms with Gasteiger partial charge in [-0.2, -0.15) is 0 Å². The lowest BCUT2D eigenvalue weighted by molar-refractivity contribution is -0.137. The molecule has 0 unspecified atom stereocenters. The first-order valence-electron chi connectivity index (χ1n) is 5.33. The van der Waals surface area contributed by atoms with Gasteiger partial charge >= 0.3 is 12.0 Å². The Morgan fingerprint density at radius 2 is 1.88 bits per heavy atom. The summed E-state index contributed by atoms with van der Waals surface area (Å²) in [5.41, 5.74) is 0. The highest BCUT2D eigenvalue weighted by molar-refractivity contribution is 5.84. The number of carboxylic acid groups (broad SMARTS) is 1. The van der Waals surface area contributed by atoms with E-state index < -0.39 is 12.0 Å². The van der Waals surface area contributed by atoms with Crippen LogP contribution in [-0.2, 0) is 9.59 Å². The summed E-state index contributed by atoms with van der Waals surface area (Å²) < 4.78 is 0.